The summed E-state index contributed by atoms with van der Waals surface area (Å²) in [6.45, 7) is -1.56. The minimum absolute atomic E-state index is 0.0527. The summed E-state index contributed by atoms with van der Waals surface area (Å²) in [5.41, 5.74) is 4.52. The van der Waals surface area contributed by atoms with Crippen molar-refractivity contribution < 1.29 is 43.6 Å². The molecule has 0 fully saturated rings. The molecule has 0 aliphatic heterocycles. The first-order valence-electron chi connectivity index (χ1n) is 13.9. The zero-order valence-corrected chi connectivity index (χ0v) is 20.4. The fourth-order valence-electron chi connectivity index (χ4n) is 3.62. The number of fused-ring (bicyclic) bond motifs is 3. The monoisotopic (exact) mass is 532 g/mol. The highest BCUT2D eigenvalue weighted by Gasteiger charge is 2.37. The molecule has 0 spiro atoms. The Balaban J connectivity index is 1.95. The molecule has 0 radical (unpaired) electrons. The molecular formula is C24H28N6O8. The third kappa shape index (κ3) is 6.99. The summed E-state index contributed by atoms with van der Waals surface area (Å²) in [7, 11) is 0. The van der Waals surface area contributed by atoms with Crippen molar-refractivity contribution in [2.45, 2.75) is 59.4 Å². The highest BCUT2D eigenvalue weighted by Crippen LogP contribution is 2.26. The molecule has 0 bridgehead atoms. The lowest BCUT2D eigenvalue weighted by molar-refractivity contribution is -0.183. The lowest BCUT2D eigenvalue weighted by Crippen LogP contribution is -2.48. The van der Waals surface area contributed by atoms with Gasteiger partial charge in [0.05, 0.1) is 11.7 Å². The third-order valence-electron chi connectivity index (χ3n) is 4.99. The number of esters is 4. The molecule has 1 aromatic carbocycles. The number of aromatic nitrogens is 4. The van der Waals surface area contributed by atoms with Crippen LogP contribution in [0.1, 0.15) is 40.0 Å². The van der Waals surface area contributed by atoms with Gasteiger partial charge in [-0.2, -0.15) is 10.1 Å². The summed E-state index contributed by atoms with van der Waals surface area (Å²) < 4.78 is 51.2. The maximum absolute atomic E-state index is 12.1. The minimum Gasteiger partial charge on any atom is -0.462 e. The van der Waals surface area contributed by atoms with Gasteiger partial charge < -0.3 is 23.5 Å². The van der Waals surface area contributed by atoms with Gasteiger partial charge in [-0.25, -0.2) is 5.43 Å². The van der Waals surface area contributed by atoms with Crippen LogP contribution in [0.2, 0.25) is 0 Å². The number of ether oxygens (including phenoxy) is 4. The summed E-state index contributed by atoms with van der Waals surface area (Å²) in [4.78, 5) is 52.2. The Hall–Kier alpha value is -4.62. The van der Waals surface area contributed by atoms with Crippen molar-refractivity contribution in [1.82, 2.24) is 19.7 Å². The average Bonchev–Trinajstić information content (AvgIpc) is 3.33. The number of para-hydroxylation sites is 1. The summed E-state index contributed by atoms with van der Waals surface area (Å²) in [5.74, 6) is -4.37. The number of carbonyl (C=O) groups is 4. The minimum atomic E-state index is -1.73. The van der Waals surface area contributed by atoms with Gasteiger partial charge in [0.15, 0.2) is 24.0 Å². The third-order valence-corrected chi connectivity index (χ3v) is 4.99. The second kappa shape index (κ2) is 12.6. The predicted molar refractivity (Wildman–Crippen MR) is 134 cm³/mol. The number of nitrogens with one attached hydrogen (secondary N) is 1. The van der Waals surface area contributed by atoms with Crippen LogP contribution in [0.4, 0.5) is 5.95 Å². The number of anilines is 1. The van der Waals surface area contributed by atoms with Crippen molar-refractivity contribution in [3.63, 3.8) is 0 Å². The zero-order chi connectivity index (χ0) is 30.6. The molecule has 38 heavy (non-hydrogen) atoms. The first-order valence-corrected chi connectivity index (χ1v) is 11.1. The lowest BCUT2D eigenvalue weighted by atomic mass is 10.1. The van der Waals surface area contributed by atoms with Crippen LogP contribution in [0, 0.1) is 0 Å². The van der Waals surface area contributed by atoms with E-state index >= 15 is 0 Å². The van der Waals surface area contributed by atoms with Crippen molar-refractivity contribution in [2.24, 2.45) is 5.10 Å². The standard InChI is InChI=1S/C24H28N6O8/c1-6-30-18-10-8-7-9-17(18)21-23(30)26-24(29-27-21)28-25-11-19(36-14(3)32)22(38-16(5)34)20(37-15(4)33)12-35-13(2)31/h7-11,19-20,22H,6,12H2,1-5H3,(H,26,28,29)/t19-,20-,22+/m1/s1/i2D,3D,4D,5D. The molecule has 3 rings (SSSR count). The zero-order valence-electron chi connectivity index (χ0n) is 24.4. The second-order valence-corrected chi connectivity index (χ2v) is 7.58. The number of nitrogens with zero attached hydrogens (tertiary/aromatic N) is 5. The summed E-state index contributed by atoms with van der Waals surface area (Å²) in [5, 5.41) is 13.1. The molecule has 14 heteroatoms. The Labute approximate surface area is 222 Å². The highest BCUT2D eigenvalue weighted by atomic mass is 16.6. The predicted octanol–water partition coefficient (Wildman–Crippen LogP) is 1.76. The van der Waals surface area contributed by atoms with Crippen LogP contribution in [-0.4, -0.2) is 74.8 Å². The Bertz CT molecular complexity index is 1460. The summed E-state index contributed by atoms with van der Waals surface area (Å²) in [6.07, 6.45) is -4.09. The SMILES string of the molecule is [2H]CC(=O)OC[C@@H](OC(=O)C[2H])[C@@H](OC(=O)C[2H])[C@@H](C=NNc1nnc2c3ccccc3n(CC)c2n1)OC(=O)C[2H]. The van der Waals surface area contributed by atoms with Crippen molar-refractivity contribution in [3.05, 3.63) is 24.3 Å². The van der Waals surface area contributed by atoms with Gasteiger partial charge in [-0.05, 0) is 13.0 Å². The number of carbonyl (C=O) groups excluding carboxylic acids is 4. The smallest absolute Gasteiger partial charge is 0.303 e. The van der Waals surface area contributed by atoms with Gasteiger partial charge in [0.25, 0.3) is 5.95 Å². The number of aryl methyl sites for hydroxylation is 1. The molecule has 0 amide bonds. The quantitative estimate of drug-likeness (QED) is 0.164. The summed E-state index contributed by atoms with van der Waals surface area (Å²) in [6, 6.07) is 7.56. The van der Waals surface area contributed by atoms with E-state index < -0.39 is 76.4 Å². The molecule has 0 unspecified atom stereocenters. The van der Waals surface area contributed by atoms with Gasteiger partial charge >= 0.3 is 23.9 Å². The lowest BCUT2D eigenvalue weighted by Gasteiger charge is -2.29. The van der Waals surface area contributed by atoms with Crippen LogP contribution in [0.25, 0.3) is 22.1 Å². The largest absolute Gasteiger partial charge is 0.462 e. The van der Waals surface area contributed by atoms with E-state index in [1.54, 1.807) is 0 Å². The van der Waals surface area contributed by atoms with Gasteiger partial charge in [0.2, 0.25) is 0 Å². The fourth-order valence-corrected chi connectivity index (χ4v) is 3.62. The molecular weight excluding hydrogens is 500 g/mol. The second-order valence-electron chi connectivity index (χ2n) is 7.58. The van der Waals surface area contributed by atoms with Crippen molar-refractivity contribution in [2.75, 3.05) is 12.0 Å². The van der Waals surface area contributed by atoms with E-state index in [1.807, 2.05) is 35.8 Å². The highest BCUT2D eigenvalue weighted by molar-refractivity contribution is 6.04. The molecule has 0 aliphatic carbocycles. The van der Waals surface area contributed by atoms with Crippen molar-refractivity contribution in [3.8, 4) is 0 Å². The molecule has 1 N–H and O–H groups in total. The average molecular weight is 533 g/mol. The van der Waals surface area contributed by atoms with Gasteiger partial charge in [0, 0.05) is 45.0 Å². The van der Waals surface area contributed by atoms with Crippen LogP contribution in [0.5, 0.6) is 0 Å². The van der Waals surface area contributed by atoms with Crippen LogP contribution in [-0.2, 0) is 44.7 Å². The van der Waals surface area contributed by atoms with E-state index in [0.29, 0.717) is 17.7 Å². The van der Waals surface area contributed by atoms with E-state index in [-0.39, 0.29) is 5.95 Å². The van der Waals surface area contributed by atoms with Crippen LogP contribution in [0.3, 0.4) is 0 Å². The fraction of sp³-hybridized carbons (Fsp3) is 0.417. The van der Waals surface area contributed by atoms with Crippen molar-refractivity contribution in [1.29, 1.82) is 0 Å². The maximum atomic E-state index is 12.1. The van der Waals surface area contributed by atoms with Gasteiger partial charge in [0.1, 0.15) is 12.1 Å². The van der Waals surface area contributed by atoms with E-state index in [4.69, 9.17) is 24.4 Å². The Morgan fingerprint density at radius 1 is 1.03 bits per heavy atom. The molecule has 2 aromatic heterocycles. The van der Waals surface area contributed by atoms with Crippen LogP contribution in [0.15, 0.2) is 29.4 Å². The number of benzene rings is 1. The number of hydrogen-bond donors (Lipinski definition) is 1. The molecule has 3 atom stereocenters. The molecule has 0 saturated carbocycles. The van der Waals surface area contributed by atoms with Crippen LogP contribution < -0.4 is 5.43 Å². The Morgan fingerprint density at radius 2 is 1.74 bits per heavy atom. The number of hydrazone groups is 1. The topological polar surface area (TPSA) is 173 Å². The normalized spacial score (nSPS) is 15.0. The summed E-state index contributed by atoms with van der Waals surface area (Å²) >= 11 is 0. The van der Waals surface area contributed by atoms with Crippen LogP contribution >= 0.6 is 0 Å². The maximum Gasteiger partial charge on any atom is 0.303 e. The van der Waals surface area contributed by atoms with Crippen molar-refractivity contribution >= 4 is 58.1 Å². The van der Waals surface area contributed by atoms with E-state index in [9.17, 15) is 19.2 Å². The number of hydrogen-bond acceptors (Lipinski definition) is 13. The molecule has 0 aliphatic rings. The number of rotatable bonds is 11. The molecule has 2 heterocycles. The molecule has 0 saturated heterocycles. The van der Waals surface area contributed by atoms with Gasteiger partial charge in [-0.1, -0.05) is 18.2 Å². The first-order chi connectivity index (χ1) is 20.3. The van der Waals surface area contributed by atoms with E-state index in [2.05, 4.69) is 25.7 Å². The Morgan fingerprint density at radius 3 is 2.47 bits per heavy atom. The Kier molecular flexibility index (Phi) is 7.46. The molecule has 14 nitrogen and oxygen atoms in total. The molecule has 3 aromatic rings. The van der Waals surface area contributed by atoms with E-state index in [1.165, 1.54) is 0 Å². The van der Waals surface area contributed by atoms with E-state index in [0.717, 1.165) is 17.1 Å². The molecule has 202 valence electrons. The van der Waals surface area contributed by atoms with Gasteiger partial charge in [-0.15, -0.1) is 10.2 Å². The first kappa shape index (κ1) is 22.6. The van der Waals surface area contributed by atoms with Gasteiger partial charge in [-0.3, -0.25) is 19.2 Å².